The van der Waals surface area contributed by atoms with Crippen LogP contribution in [0.3, 0.4) is 0 Å². The van der Waals surface area contributed by atoms with Gasteiger partial charge in [-0.05, 0) is 46.3 Å². The van der Waals surface area contributed by atoms with E-state index < -0.39 is 0 Å². The number of hydrogen-bond acceptors (Lipinski definition) is 8. The molecule has 11 heteroatoms. The summed E-state index contributed by atoms with van der Waals surface area (Å²) in [5.74, 6) is 0.207. The Morgan fingerprint density at radius 2 is 1.90 bits per heavy atom. The molecular weight excluding hydrogens is 384 g/mol. The molecule has 30 heavy (non-hydrogen) atoms. The maximum absolute atomic E-state index is 12.6. The third-order valence-electron chi connectivity index (χ3n) is 4.35. The van der Waals surface area contributed by atoms with Crippen molar-refractivity contribution in [2.45, 2.75) is 6.54 Å². The monoisotopic (exact) mass is 398 g/mol. The van der Waals surface area contributed by atoms with Crippen molar-refractivity contribution in [3.05, 3.63) is 78.4 Å². The van der Waals surface area contributed by atoms with E-state index in [1.807, 2.05) is 30.3 Å². The van der Waals surface area contributed by atoms with Crippen molar-refractivity contribution in [2.75, 3.05) is 5.32 Å². The molecule has 0 fully saturated rings. The second kappa shape index (κ2) is 7.47. The van der Waals surface area contributed by atoms with E-state index >= 15 is 0 Å². The maximum atomic E-state index is 12.6. The number of anilines is 1. The number of carbonyl (C=O) groups excluding carboxylic acids is 1. The molecule has 11 nitrogen and oxygen atoms in total. The summed E-state index contributed by atoms with van der Waals surface area (Å²) in [6.45, 7) is 0.519. The van der Waals surface area contributed by atoms with Crippen LogP contribution in [0.2, 0.25) is 0 Å². The summed E-state index contributed by atoms with van der Waals surface area (Å²) >= 11 is 0. The topological polar surface area (TPSA) is 129 Å². The van der Waals surface area contributed by atoms with Crippen LogP contribution in [0.1, 0.15) is 15.9 Å². The van der Waals surface area contributed by atoms with E-state index in [9.17, 15) is 4.79 Å². The number of carbonyl (C=O) groups is 1. The van der Waals surface area contributed by atoms with Crippen LogP contribution in [0.25, 0.3) is 17.2 Å². The van der Waals surface area contributed by atoms with Crippen LogP contribution >= 0.6 is 0 Å². The quantitative estimate of drug-likeness (QED) is 0.471. The molecule has 0 spiro atoms. The molecule has 1 N–H and O–H groups in total. The van der Waals surface area contributed by atoms with E-state index in [0.717, 1.165) is 17.0 Å². The smallest absolute Gasteiger partial charge is 0.258 e. The van der Waals surface area contributed by atoms with Crippen LogP contribution in [-0.4, -0.2) is 50.7 Å². The fourth-order valence-electron chi connectivity index (χ4n) is 2.93. The molecule has 0 bridgehead atoms. The lowest BCUT2D eigenvalue weighted by Gasteiger charge is -2.04. The van der Waals surface area contributed by atoms with Gasteiger partial charge in [-0.3, -0.25) is 15.1 Å². The Morgan fingerprint density at radius 1 is 1.00 bits per heavy atom. The number of fused-ring (bicyclic) bond motifs is 1. The number of amides is 1. The number of aromatic nitrogens is 9. The fraction of sp³-hybridized carbons (Fsp3) is 0.0526. The van der Waals surface area contributed by atoms with E-state index in [4.69, 9.17) is 0 Å². The molecule has 4 aromatic heterocycles. The van der Waals surface area contributed by atoms with Gasteiger partial charge in [0.1, 0.15) is 6.33 Å². The molecule has 1 amide bonds. The summed E-state index contributed by atoms with van der Waals surface area (Å²) in [4.78, 5) is 25.4. The highest BCUT2D eigenvalue weighted by molar-refractivity contribution is 6.03. The largest absolute Gasteiger partial charge is 0.289 e. The van der Waals surface area contributed by atoms with Crippen LogP contribution in [0.5, 0.6) is 0 Å². The number of nitrogens with zero attached hydrogens (tertiary/aromatic N) is 9. The van der Waals surface area contributed by atoms with Gasteiger partial charge in [-0.2, -0.15) is 9.50 Å². The molecule has 0 radical (unpaired) electrons. The second-order valence-corrected chi connectivity index (χ2v) is 6.35. The summed E-state index contributed by atoms with van der Waals surface area (Å²) in [7, 11) is 0. The molecule has 4 heterocycles. The molecule has 0 saturated carbocycles. The van der Waals surface area contributed by atoms with Gasteiger partial charge in [0.2, 0.25) is 0 Å². The van der Waals surface area contributed by atoms with Crippen molar-refractivity contribution in [1.29, 1.82) is 0 Å². The van der Waals surface area contributed by atoms with Gasteiger partial charge >= 0.3 is 0 Å². The van der Waals surface area contributed by atoms with Crippen LogP contribution in [0, 0.1) is 0 Å². The number of hydrogen-bond donors (Lipinski definition) is 1. The predicted molar refractivity (Wildman–Crippen MR) is 105 cm³/mol. The predicted octanol–water partition coefficient (Wildman–Crippen LogP) is 1.47. The maximum Gasteiger partial charge on any atom is 0.258 e. The van der Waals surface area contributed by atoms with Gasteiger partial charge in [-0.15, -0.1) is 10.2 Å². The van der Waals surface area contributed by atoms with E-state index in [1.165, 1.54) is 6.33 Å². The van der Waals surface area contributed by atoms with Gasteiger partial charge in [0.25, 0.3) is 17.6 Å². The molecule has 5 rings (SSSR count). The lowest BCUT2D eigenvalue weighted by Crippen LogP contribution is -2.13. The first-order valence-corrected chi connectivity index (χ1v) is 9.00. The van der Waals surface area contributed by atoms with Crippen molar-refractivity contribution < 1.29 is 4.79 Å². The van der Waals surface area contributed by atoms with E-state index in [-0.39, 0.29) is 11.9 Å². The van der Waals surface area contributed by atoms with E-state index in [1.54, 1.807) is 39.8 Å². The van der Waals surface area contributed by atoms with Crippen molar-refractivity contribution >= 4 is 17.6 Å². The van der Waals surface area contributed by atoms with Gasteiger partial charge in [0, 0.05) is 18.0 Å². The minimum atomic E-state index is -0.320. The van der Waals surface area contributed by atoms with Crippen LogP contribution < -0.4 is 5.32 Å². The normalized spacial score (nSPS) is 10.9. The van der Waals surface area contributed by atoms with Gasteiger partial charge in [-0.25, -0.2) is 9.67 Å². The van der Waals surface area contributed by atoms with E-state index in [2.05, 4.69) is 40.9 Å². The molecular formula is C19H14N10O. The van der Waals surface area contributed by atoms with Crippen molar-refractivity contribution in [3.8, 4) is 11.4 Å². The summed E-state index contributed by atoms with van der Waals surface area (Å²) in [6.07, 6.45) is 4.86. The Hall–Kier alpha value is -4.54. The summed E-state index contributed by atoms with van der Waals surface area (Å²) in [6, 6.07) is 14.5. The molecule has 0 aliphatic carbocycles. The van der Waals surface area contributed by atoms with Crippen molar-refractivity contribution in [1.82, 2.24) is 44.8 Å². The first kappa shape index (κ1) is 17.6. The third-order valence-corrected chi connectivity index (χ3v) is 4.35. The zero-order valence-corrected chi connectivity index (χ0v) is 15.5. The molecule has 5 aromatic rings. The average molecular weight is 398 g/mol. The third kappa shape index (κ3) is 3.46. The Bertz CT molecular complexity index is 1300. The van der Waals surface area contributed by atoms with Crippen LogP contribution in [-0.2, 0) is 6.54 Å². The van der Waals surface area contributed by atoms with Crippen LogP contribution in [0.4, 0.5) is 5.95 Å². The first-order valence-electron chi connectivity index (χ1n) is 9.00. The van der Waals surface area contributed by atoms with E-state index in [0.29, 0.717) is 17.9 Å². The number of pyridine rings is 1. The summed E-state index contributed by atoms with van der Waals surface area (Å²) in [5, 5.41) is 18.1. The zero-order valence-electron chi connectivity index (χ0n) is 15.5. The second-order valence-electron chi connectivity index (χ2n) is 6.35. The molecule has 1 aromatic carbocycles. The zero-order chi connectivity index (χ0) is 20.3. The fourth-order valence-corrected chi connectivity index (χ4v) is 2.93. The summed E-state index contributed by atoms with van der Waals surface area (Å²) in [5.41, 5.74) is 2.90. The summed E-state index contributed by atoms with van der Waals surface area (Å²) < 4.78 is 3.15. The average Bonchev–Trinajstić information content (AvgIpc) is 3.44. The first-order chi connectivity index (χ1) is 14.8. The lowest BCUT2D eigenvalue weighted by molar-refractivity contribution is 0.102. The number of nitrogens with one attached hydrogen (secondary N) is 1. The van der Waals surface area contributed by atoms with Gasteiger partial charge in [0.05, 0.1) is 17.9 Å². The highest BCUT2D eigenvalue weighted by Gasteiger charge is 2.14. The minimum absolute atomic E-state index is 0.161. The number of tetrazole rings is 1. The van der Waals surface area contributed by atoms with Gasteiger partial charge in [-0.1, -0.05) is 18.2 Å². The Morgan fingerprint density at radius 3 is 2.67 bits per heavy atom. The highest BCUT2D eigenvalue weighted by Crippen LogP contribution is 2.17. The van der Waals surface area contributed by atoms with Crippen LogP contribution in [0.15, 0.2) is 67.3 Å². The number of rotatable bonds is 5. The SMILES string of the molecule is O=C(Nc1nc2nccc(-c3ccccn3)n2n1)c1ccc(Cn2cnnn2)cc1. The van der Waals surface area contributed by atoms with Crippen molar-refractivity contribution in [3.63, 3.8) is 0 Å². The standard InChI is InChI=1S/C19H14N10O/c30-17(14-6-4-13(5-7-14)11-28-12-22-26-27-28)23-18-24-19-21-10-8-16(29(19)25-18)15-3-1-2-9-20-15/h1-10,12H,11H2,(H,23,25,30). The van der Waals surface area contributed by atoms with Gasteiger partial charge in [0.15, 0.2) is 0 Å². The Kier molecular flexibility index (Phi) is 4.37. The lowest BCUT2D eigenvalue weighted by atomic mass is 10.1. The Labute approximate surface area is 169 Å². The minimum Gasteiger partial charge on any atom is -0.289 e. The molecule has 0 aliphatic rings. The molecule has 0 saturated heterocycles. The molecule has 146 valence electrons. The Balaban J connectivity index is 1.36. The molecule has 0 unspecified atom stereocenters. The number of benzene rings is 1. The molecule has 0 aliphatic heterocycles. The van der Waals surface area contributed by atoms with Crippen molar-refractivity contribution in [2.24, 2.45) is 0 Å². The van der Waals surface area contributed by atoms with Gasteiger partial charge < -0.3 is 0 Å². The highest BCUT2D eigenvalue weighted by atomic mass is 16.1. The molecule has 0 atom stereocenters.